The Bertz CT molecular complexity index is 202. The Morgan fingerprint density at radius 2 is 2.00 bits per heavy atom. The molecule has 0 aromatic rings. The summed E-state index contributed by atoms with van der Waals surface area (Å²) in [5, 5.41) is 0. The zero-order valence-corrected chi connectivity index (χ0v) is 9.70. The topological polar surface area (TPSA) is 61.6 Å². The van der Waals surface area contributed by atoms with E-state index in [1.54, 1.807) is 0 Å². The van der Waals surface area contributed by atoms with Crippen LogP contribution in [-0.4, -0.2) is 55.0 Å². The van der Waals surface area contributed by atoms with Gasteiger partial charge in [-0.1, -0.05) is 13.3 Å². The van der Waals surface area contributed by atoms with Crippen molar-refractivity contribution in [2.75, 3.05) is 33.2 Å². The minimum absolute atomic E-state index is 0.0475. The van der Waals surface area contributed by atoms with Gasteiger partial charge >= 0.3 is 0 Å². The van der Waals surface area contributed by atoms with Gasteiger partial charge in [-0.25, -0.2) is 5.84 Å². The largest absolute Gasteiger partial charge is 0.304 e. The van der Waals surface area contributed by atoms with Gasteiger partial charge in [-0.05, 0) is 13.5 Å². The third-order valence-corrected chi connectivity index (χ3v) is 2.99. The van der Waals surface area contributed by atoms with E-state index >= 15 is 0 Å². The molecule has 1 heterocycles. The van der Waals surface area contributed by atoms with E-state index in [0.717, 1.165) is 39.0 Å². The van der Waals surface area contributed by atoms with Crippen LogP contribution in [0.5, 0.6) is 0 Å². The van der Waals surface area contributed by atoms with E-state index < -0.39 is 0 Å². The number of piperazine rings is 1. The molecule has 5 heteroatoms. The van der Waals surface area contributed by atoms with E-state index in [1.807, 2.05) is 0 Å². The van der Waals surface area contributed by atoms with Crippen molar-refractivity contribution in [3.8, 4) is 0 Å². The highest BCUT2D eigenvalue weighted by molar-refractivity contribution is 5.81. The Balaban J connectivity index is 2.51. The van der Waals surface area contributed by atoms with Crippen LogP contribution in [0.4, 0.5) is 0 Å². The van der Waals surface area contributed by atoms with Gasteiger partial charge in [-0.3, -0.25) is 15.1 Å². The van der Waals surface area contributed by atoms with Gasteiger partial charge in [-0.15, -0.1) is 0 Å². The lowest BCUT2D eigenvalue weighted by atomic mass is 10.1. The third-order valence-electron chi connectivity index (χ3n) is 2.99. The van der Waals surface area contributed by atoms with Crippen molar-refractivity contribution in [2.45, 2.75) is 25.8 Å². The smallest absolute Gasteiger partial charge is 0.251 e. The van der Waals surface area contributed by atoms with Crippen LogP contribution in [0, 0.1) is 0 Å². The van der Waals surface area contributed by atoms with Crippen LogP contribution < -0.4 is 11.3 Å². The van der Waals surface area contributed by atoms with Gasteiger partial charge in [0.1, 0.15) is 0 Å². The standard InChI is InChI=1S/C10H22N4O/c1-3-4-9(10(15)12-11)14-7-5-13(2)6-8-14/h9H,3-8,11H2,1-2H3,(H,12,15)/t9-/m0/s1. The SMILES string of the molecule is CCC[C@@H](C(=O)NN)N1CCN(C)CC1. The summed E-state index contributed by atoms with van der Waals surface area (Å²) in [7, 11) is 2.11. The van der Waals surface area contributed by atoms with Crippen molar-refractivity contribution < 1.29 is 4.79 Å². The number of nitrogens with zero attached hydrogens (tertiary/aromatic N) is 2. The molecule has 1 amide bonds. The molecule has 5 nitrogen and oxygen atoms in total. The van der Waals surface area contributed by atoms with Crippen LogP contribution in [0.2, 0.25) is 0 Å². The normalized spacial score (nSPS) is 21.3. The van der Waals surface area contributed by atoms with Crippen molar-refractivity contribution in [3.05, 3.63) is 0 Å². The Morgan fingerprint density at radius 3 is 2.47 bits per heavy atom. The van der Waals surface area contributed by atoms with E-state index in [1.165, 1.54) is 0 Å². The molecule has 1 fully saturated rings. The van der Waals surface area contributed by atoms with Crippen LogP contribution in [0.1, 0.15) is 19.8 Å². The first-order chi connectivity index (χ1) is 7.19. The Morgan fingerprint density at radius 1 is 1.40 bits per heavy atom. The highest BCUT2D eigenvalue weighted by Gasteiger charge is 2.26. The summed E-state index contributed by atoms with van der Waals surface area (Å²) >= 11 is 0. The third kappa shape index (κ3) is 3.44. The van der Waals surface area contributed by atoms with Gasteiger partial charge in [0.05, 0.1) is 6.04 Å². The molecule has 1 saturated heterocycles. The number of rotatable bonds is 4. The summed E-state index contributed by atoms with van der Waals surface area (Å²) in [6, 6.07) is -0.0475. The average Bonchev–Trinajstić information content (AvgIpc) is 2.26. The molecule has 1 rings (SSSR count). The van der Waals surface area contributed by atoms with Crippen LogP contribution in [0.3, 0.4) is 0 Å². The number of carbonyl (C=O) groups excluding carboxylic acids is 1. The van der Waals surface area contributed by atoms with E-state index in [2.05, 4.69) is 29.2 Å². The Kier molecular flexibility index (Phi) is 5.01. The summed E-state index contributed by atoms with van der Waals surface area (Å²) in [5.41, 5.74) is 2.26. The van der Waals surface area contributed by atoms with Gasteiger partial charge in [-0.2, -0.15) is 0 Å². The van der Waals surface area contributed by atoms with Gasteiger partial charge in [0, 0.05) is 26.2 Å². The highest BCUT2D eigenvalue weighted by Crippen LogP contribution is 2.10. The van der Waals surface area contributed by atoms with Crippen molar-refractivity contribution in [1.82, 2.24) is 15.2 Å². The number of nitrogens with two attached hydrogens (primary N) is 1. The van der Waals surface area contributed by atoms with E-state index in [4.69, 9.17) is 5.84 Å². The Labute approximate surface area is 91.6 Å². The van der Waals surface area contributed by atoms with E-state index in [9.17, 15) is 4.79 Å². The maximum absolute atomic E-state index is 11.6. The van der Waals surface area contributed by atoms with E-state index in [-0.39, 0.29) is 11.9 Å². The van der Waals surface area contributed by atoms with Crippen LogP contribution in [-0.2, 0) is 4.79 Å². The monoisotopic (exact) mass is 214 g/mol. The molecule has 0 aliphatic carbocycles. The molecule has 1 atom stereocenters. The number of likely N-dealkylation sites (N-methyl/N-ethyl adjacent to an activating group) is 1. The fraction of sp³-hybridized carbons (Fsp3) is 0.900. The van der Waals surface area contributed by atoms with Crippen molar-refractivity contribution in [3.63, 3.8) is 0 Å². The van der Waals surface area contributed by atoms with Gasteiger partial charge in [0.25, 0.3) is 5.91 Å². The summed E-state index contributed by atoms with van der Waals surface area (Å²) in [4.78, 5) is 16.1. The van der Waals surface area contributed by atoms with E-state index in [0.29, 0.717) is 0 Å². The molecule has 0 radical (unpaired) electrons. The molecular formula is C10H22N4O. The molecular weight excluding hydrogens is 192 g/mol. The fourth-order valence-corrected chi connectivity index (χ4v) is 1.98. The minimum atomic E-state index is -0.0543. The summed E-state index contributed by atoms with van der Waals surface area (Å²) in [5.74, 6) is 5.15. The van der Waals surface area contributed by atoms with Gasteiger partial charge in [0.15, 0.2) is 0 Å². The summed E-state index contributed by atoms with van der Waals surface area (Å²) in [6.45, 7) is 6.05. The first kappa shape index (κ1) is 12.4. The van der Waals surface area contributed by atoms with Crippen molar-refractivity contribution in [1.29, 1.82) is 0 Å². The lowest BCUT2D eigenvalue weighted by molar-refractivity contribution is -0.127. The highest BCUT2D eigenvalue weighted by atomic mass is 16.2. The minimum Gasteiger partial charge on any atom is -0.304 e. The van der Waals surface area contributed by atoms with Gasteiger partial charge < -0.3 is 4.90 Å². The number of amides is 1. The van der Waals surface area contributed by atoms with Crippen LogP contribution in [0.25, 0.3) is 0 Å². The molecule has 3 N–H and O–H groups in total. The number of hydrazine groups is 1. The summed E-state index contributed by atoms with van der Waals surface area (Å²) in [6.07, 6.45) is 1.89. The number of hydrogen-bond donors (Lipinski definition) is 2. The van der Waals surface area contributed by atoms with Crippen LogP contribution in [0.15, 0.2) is 0 Å². The van der Waals surface area contributed by atoms with Crippen molar-refractivity contribution in [2.24, 2.45) is 5.84 Å². The molecule has 0 bridgehead atoms. The second-order valence-corrected chi connectivity index (χ2v) is 4.15. The summed E-state index contributed by atoms with van der Waals surface area (Å²) < 4.78 is 0. The van der Waals surface area contributed by atoms with Crippen molar-refractivity contribution >= 4 is 5.91 Å². The zero-order valence-electron chi connectivity index (χ0n) is 9.70. The quantitative estimate of drug-likeness (QED) is 0.372. The average molecular weight is 214 g/mol. The molecule has 0 aromatic carbocycles. The molecule has 0 saturated carbocycles. The lowest BCUT2D eigenvalue weighted by Gasteiger charge is -2.36. The Hall–Kier alpha value is -0.650. The first-order valence-electron chi connectivity index (χ1n) is 5.62. The first-order valence-corrected chi connectivity index (χ1v) is 5.62. The number of carbonyl (C=O) groups is 1. The lowest BCUT2D eigenvalue weighted by Crippen LogP contribution is -2.55. The number of nitrogens with one attached hydrogen (secondary N) is 1. The predicted molar refractivity (Wildman–Crippen MR) is 60.1 cm³/mol. The molecule has 0 spiro atoms. The molecule has 1 aliphatic rings. The molecule has 15 heavy (non-hydrogen) atoms. The molecule has 88 valence electrons. The fourth-order valence-electron chi connectivity index (χ4n) is 1.98. The van der Waals surface area contributed by atoms with Crippen LogP contribution >= 0.6 is 0 Å². The maximum Gasteiger partial charge on any atom is 0.251 e. The predicted octanol–water partition coefficient (Wildman–Crippen LogP) is -0.608. The van der Waals surface area contributed by atoms with Gasteiger partial charge in [0.2, 0.25) is 0 Å². The molecule has 1 aliphatic heterocycles. The second kappa shape index (κ2) is 6.05. The maximum atomic E-state index is 11.6. The number of hydrogen-bond acceptors (Lipinski definition) is 4. The molecule has 0 aromatic heterocycles. The molecule has 0 unspecified atom stereocenters. The second-order valence-electron chi connectivity index (χ2n) is 4.15. The zero-order chi connectivity index (χ0) is 11.3.